The van der Waals surface area contributed by atoms with Crippen molar-refractivity contribution in [2.75, 3.05) is 33.9 Å². The molecule has 0 spiro atoms. The number of ether oxygens (including phenoxy) is 2. The van der Waals surface area contributed by atoms with Gasteiger partial charge in [0, 0.05) is 25.8 Å². The summed E-state index contributed by atoms with van der Waals surface area (Å²) in [5, 5.41) is 3.99. The number of hydrogen-bond acceptors (Lipinski definition) is 3. The third kappa shape index (κ3) is 4.69. The molecule has 0 aliphatic heterocycles. The first-order chi connectivity index (χ1) is 8.69. The van der Waals surface area contributed by atoms with Crippen molar-refractivity contribution in [3.05, 3.63) is 34.4 Å². The minimum absolute atomic E-state index is 0.700. The molecule has 100 valence electrons. The monoisotopic (exact) mass is 269 g/mol. The zero-order valence-electron chi connectivity index (χ0n) is 11.1. The van der Waals surface area contributed by atoms with Crippen LogP contribution in [0.5, 0.6) is 5.75 Å². The molecule has 0 aromatic heterocycles. The minimum Gasteiger partial charge on any atom is -0.496 e. The van der Waals surface area contributed by atoms with Crippen molar-refractivity contribution in [2.24, 2.45) is 0 Å². The number of halogens is 1. The Morgan fingerprint density at radius 3 is 2.83 bits per heavy atom. The third-order valence-corrected chi connectivity index (χ3v) is 2.84. The molecule has 0 aliphatic rings. The van der Waals surface area contributed by atoms with Gasteiger partial charge in [0.25, 0.3) is 0 Å². The smallest absolute Gasteiger partial charge is 0.127 e. The van der Waals surface area contributed by atoms with E-state index in [4.69, 9.17) is 21.1 Å². The summed E-state index contributed by atoms with van der Waals surface area (Å²) in [6.45, 7) is 4.41. The lowest BCUT2D eigenvalue weighted by Gasteiger charge is -2.09. The molecule has 0 fully saturated rings. The van der Waals surface area contributed by atoms with Crippen molar-refractivity contribution in [1.82, 2.24) is 5.32 Å². The highest BCUT2D eigenvalue weighted by Crippen LogP contribution is 2.28. The molecule has 0 atom stereocenters. The van der Waals surface area contributed by atoms with Crippen LogP contribution in [0.15, 0.2) is 23.8 Å². The van der Waals surface area contributed by atoms with Gasteiger partial charge in [-0.15, -0.1) is 0 Å². The van der Waals surface area contributed by atoms with Crippen LogP contribution in [0.3, 0.4) is 0 Å². The summed E-state index contributed by atoms with van der Waals surface area (Å²) in [5.74, 6) is 0.791. The number of rotatable bonds is 7. The second-order valence-electron chi connectivity index (χ2n) is 4.02. The quantitative estimate of drug-likeness (QED) is 0.772. The van der Waals surface area contributed by atoms with Gasteiger partial charge in [0.05, 0.1) is 18.7 Å². The maximum Gasteiger partial charge on any atom is 0.127 e. The lowest BCUT2D eigenvalue weighted by Crippen LogP contribution is -2.20. The largest absolute Gasteiger partial charge is 0.496 e. The standard InChI is InChI=1S/C14H20ClNO2/c1-11(10-16-7-8-17-2)9-12-13(15)5-4-6-14(12)18-3/h4-6,9,16H,7-8,10H2,1-3H3/b11-9+. The van der Waals surface area contributed by atoms with Crippen LogP contribution >= 0.6 is 11.6 Å². The molecular formula is C14H20ClNO2. The van der Waals surface area contributed by atoms with Gasteiger partial charge in [-0.2, -0.15) is 0 Å². The van der Waals surface area contributed by atoms with E-state index in [1.165, 1.54) is 5.57 Å². The average molecular weight is 270 g/mol. The zero-order chi connectivity index (χ0) is 13.4. The van der Waals surface area contributed by atoms with Crippen molar-refractivity contribution >= 4 is 17.7 Å². The first kappa shape index (κ1) is 15.0. The second kappa shape index (κ2) is 8.14. The summed E-state index contributed by atoms with van der Waals surface area (Å²) in [7, 11) is 3.34. The van der Waals surface area contributed by atoms with Gasteiger partial charge >= 0.3 is 0 Å². The molecule has 0 radical (unpaired) electrons. The fraction of sp³-hybridized carbons (Fsp3) is 0.429. The Labute approximate surface area is 114 Å². The van der Waals surface area contributed by atoms with Crippen molar-refractivity contribution in [3.63, 3.8) is 0 Å². The van der Waals surface area contributed by atoms with Gasteiger partial charge in [-0.1, -0.05) is 23.2 Å². The average Bonchev–Trinajstić information content (AvgIpc) is 2.37. The highest BCUT2D eigenvalue weighted by Gasteiger charge is 2.04. The molecule has 0 heterocycles. The van der Waals surface area contributed by atoms with Crippen LogP contribution in [0.1, 0.15) is 12.5 Å². The first-order valence-electron chi connectivity index (χ1n) is 5.88. The molecule has 1 N–H and O–H groups in total. The van der Waals surface area contributed by atoms with Gasteiger partial charge in [0.15, 0.2) is 0 Å². The van der Waals surface area contributed by atoms with Crippen LogP contribution in [0, 0.1) is 0 Å². The Hall–Kier alpha value is -1.03. The Morgan fingerprint density at radius 2 is 2.17 bits per heavy atom. The lowest BCUT2D eigenvalue weighted by molar-refractivity contribution is 0.200. The number of nitrogens with one attached hydrogen (secondary N) is 1. The Morgan fingerprint density at radius 1 is 1.39 bits per heavy atom. The van der Waals surface area contributed by atoms with E-state index in [0.29, 0.717) is 11.6 Å². The summed E-state index contributed by atoms with van der Waals surface area (Å²) in [4.78, 5) is 0. The second-order valence-corrected chi connectivity index (χ2v) is 4.42. The van der Waals surface area contributed by atoms with E-state index in [1.807, 2.05) is 24.3 Å². The maximum absolute atomic E-state index is 6.17. The molecule has 4 heteroatoms. The van der Waals surface area contributed by atoms with Crippen molar-refractivity contribution in [1.29, 1.82) is 0 Å². The molecule has 0 saturated heterocycles. The fourth-order valence-corrected chi connectivity index (χ4v) is 1.81. The maximum atomic E-state index is 6.17. The number of hydrogen-bond donors (Lipinski definition) is 1. The van der Waals surface area contributed by atoms with Gasteiger partial charge in [0.2, 0.25) is 0 Å². The summed E-state index contributed by atoms with van der Waals surface area (Å²) < 4.78 is 10.3. The van der Waals surface area contributed by atoms with Gasteiger partial charge in [0.1, 0.15) is 5.75 Å². The van der Waals surface area contributed by atoms with Crippen molar-refractivity contribution in [3.8, 4) is 5.75 Å². The molecule has 0 bridgehead atoms. The van der Waals surface area contributed by atoms with E-state index < -0.39 is 0 Å². The number of methoxy groups -OCH3 is 2. The fourth-order valence-electron chi connectivity index (χ4n) is 1.59. The van der Waals surface area contributed by atoms with Crippen LogP contribution in [-0.4, -0.2) is 33.9 Å². The summed E-state index contributed by atoms with van der Waals surface area (Å²) in [6.07, 6.45) is 2.04. The molecule has 1 aromatic carbocycles. The van der Waals surface area contributed by atoms with Crippen LogP contribution < -0.4 is 10.1 Å². The molecule has 0 aliphatic carbocycles. The topological polar surface area (TPSA) is 30.5 Å². The van der Waals surface area contributed by atoms with Crippen LogP contribution in [-0.2, 0) is 4.74 Å². The Balaban J connectivity index is 2.69. The molecule has 0 unspecified atom stereocenters. The summed E-state index contributed by atoms with van der Waals surface area (Å²) >= 11 is 6.17. The molecule has 1 aromatic rings. The third-order valence-electron chi connectivity index (χ3n) is 2.51. The lowest BCUT2D eigenvalue weighted by atomic mass is 10.1. The Bertz CT molecular complexity index is 405. The van der Waals surface area contributed by atoms with Gasteiger partial charge < -0.3 is 14.8 Å². The zero-order valence-corrected chi connectivity index (χ0v) is 11.9. The molecule has 18 heavy (non-hydrogen) atoms. The summed E-state index contributed by atoms with van der Waals surface area (Å²) in [5.41, 5.74) is 2.12. The molecule has 3 nitrogen and oxygen atoms in total. The highest BCUT2D eigenvalue weighted by molar-refractivity contribution is 6.32. The van der Waals surface area contributed by atoms with Gasteiger partial charge in [-0.3, -0.25) is 0 Å². The van der Waals surface area contributed by atoms with E-state index >= 15 is 0 Å². The van der Waals surface area contributed by atoms with E-state index in [9.17, 15) is 0 Å². The van der Waals surface area contributed by atoms with Gasteiger partial charge in [-0.05, 0) is 25.1 Å². The molecular weight excluding hydrogens is 250 g/mol. The molecule has 0 amide bonds. The minimum atomic E-state index is 0.700. The SMILES string of the molecule is COCCNC/C(C)=C/c1c(Cl)cccc1OC. The van der Waals surface area contributed by atoms with E-state index in [1.54, 1.807) is 14.2 Å². The molecule has 0 saturated carbocycles. The summed E-state index contributed by atoms with van der Waals surface area (Å²) in [6, 6.07) is 5.65. The predicted octanol–water partition coefficient (Wildman–Crippen LogP) is 2.99. The Kier molecular flexibility index (Phi) is 6.80. The van der Waals surface area contributed by atoms with Gasteiger partial charge in [-0.25, -0.2) is 0 Å². The normalized spacial score (nSPS) is 11.7. The van der Waals surface area contributed by atoms with Crippen molar-refractivity contribution < 1.29 is 9.47 Å². The van der Waals surface area contributed by atoms with E-state index in [-0.39, 0.29) is 0 Å². The van der Waals surface area contributed by atoms with Crippen LogP contribution in [0.2, 0.25) is 5.02 Å². The van der Waals surface area contributed by atoms with Crippen LogP contribution in [0.4, 0.5) is 0 Å². The number of benzene rings is 1. The first-order valence-corrected chi connectivity index (χ1v) is 6.26. The van der Waals surface area contributed by atoms with Crippen molar-refractivity contribution in [2.45, 2.75) is 6.92 Å². The predicted molar refractivity (Wildman–Crippen MR) is 76.4 cm³/mol. The van der Waals surface area contributed by atoms with Crippen LogP contribution in [0.25, 0.3) is 6.08 Å². The molecule has 1 rings (SSSR count). The van der Waals surface area contributed by atoms with E-state index in [2.05, 4.69) is 12.2 Å². The van der Waals surface area contributed by atoms with E-state index in [0.717, 1.165) is 24.4 Å². The highest BCUT2D eigenvalue weighted by atomic mass is 35.5.